The topological polar surface area (TPSA) is 72.9 Å². The van der Waals surface area contributed by atoms with Crippen molar-refractivity contribution in [1.29, 1.82) is 0 Å². The van der Waals surface area contributed by atoms with Crippen LogP contribution in [-0.2, 0) is 13.1 Å². The smallest absolute Gasteiger partial charge is 0.284 e. The van der Waals surface area contributed by atoms with E-state index < -0.39 is 5.91 Å². The van der Waals surface area contributed by atoms with Gasteiger partial charge < -0.3 is 15.6 Å². The highest BCUT2D eigenvalue weighted by atomic mass is 16.1. The normalized spacial score (nSPS) is 10.7. The van der Waals surface area contributed by atoms with Gasteiger partial charge in [0.05, 0.1) is 0 Å². The van der Waals surface area contributed by atoms with Gasteiger partial charge in [0.2, 0.25) is 0 Å². The summed E-state index contributed by atoms with van der Waals surface area (Å²) in [4.78, 5) is 14.9. The third kappa shape index (κ3) is 3.93. The average molecular weight is 271 g/mol. The van der Waals surface area contributed by atoms with E-state index in [2.05, 4.69) is 47.7 Å². The first-order valence-corrected chi connectivity index (χ1v) is 6.66. The molecule has 0 aliphatic carbocycles. The van der Waals surface area contributed by atoms with Crippen molar-refractivity contribution in [1.82, 2.24) is 14.9 Å². The number of hydrogen-bond acceptors (Lipinski definition) is 3. The molecule has 1 amide bonds. The Morgan fingerprint density at radius 1 is 1.50 bits per heavy atom. The fourth-order valence-corrected chi connectivity index (χ4v) is 2.08. The zero-order valence-corrected chi connectivity index (χ0v) is 11.6. The molecule has 2 aromatic rings. The number of carbonyl (C=O) groups is 1. The lowest BCUT2D eigenvalue weighted by Gasteiger charge is -2.07. The van der Waals surface area contributed by atoms with Crippen molar-refractivity contribution in [3.8, 4) is 0 Å². The van der Waals surface area contributed by atoms with Crippen LogP contribution >= 0.6 is 0 Å². The van der Waals surface area contributed by atoms with Crippen molar-refractivity contribution < 1.29 is 4.79 Å². The molecule has 0 fully saturated rings. The van der Waals surface area contributed by atoms with E-state index in [1.54, 1.807) is 10.8 Å². The van der Waals surface area contributed by atoms with Gasteiger partial charge in [0.25, 0.3) is 5.91 Å². The molecule has 20 heavy (non-hydrogen) atoms. The highest BCUT2D eigenvalue weighted by molar-refractivity contribution is 5.89. The number of nitrogens with one attached hydrogen (secondary N) is 1. The molecule has 0 saturated carbocycles. The van der Waals surface area contributed by atoms with E-state index in [1.807, 2.05) is 0 Å². The highest BCUT2D eigenvalue weighted by Crippen LogP contribution is 2.03. The Labute approximate surface area is 118 Å². The number of aryl methyl sites for hydroxylation is 2. The number of primary amides is 1. The first-order valence-electron chi connectivity index (χ1n) is 6.66. The Kier molecular flexibility index (Phi) is 4.90. The molecule has 2 rings (SSSR count). The summed E-state index contributed by atoms with van der Waals surface area (Å²) in [5.41, 5.74) is 7.77. The SMILES string of the molecule is Cc1cccc(CNCCCn2c[c]nc2C(N)=O)c1. The molecule has 3 N–H and O–H groups in total. The Balaban J connectivity index is 1.72. The minimum absolute atomic E-state index is 0.267. The molecule has 1 aromatic carbocycles. The first kappa shape index (κ1) is 14.3. The predicted octanol–water partition coefficient (Wildman–Crippen LogP) is 1.27. The summed E-state index contributed by atoms with van der Waals surface area (Å²) in [5.74, 6) is -0.248. The van der Waals surface area contributed by atoms with E-state index in [0.717, 1.165) is 19.5 Å². The molecule has 0 unspecified atom stereocenters. The van der Waals surface area contributed by atoms with Gasteiger partial charge in [-0.2, -0.15) is 0 Å². The van der Waals surface area contributed by atoms with Crippen LogP contribution in [0.2, 0.25) is 0 Å². The van der Waals surface area contributed by atoms with Crippen LogP contribution in [0.25, 0.3) is 0 Å². The van der Waals surface area contributed by atoms with Gasteiger partial charge in [-0.1, -0.05) is 29.8 Å². The summed E-state index contributed by atoms with van der Waals surface area (Å²) < 4.78 is 1.73. The largest absolute Gasteiger partial charge is 0.363 e. The van der Waals surface area contributed by atoms with E-state index >= 15 is 0 Å². The van der Waals surface area contributed by atoms with Gasteiger partial charge in [0, 0.05) is 19.3 Å². The van der Waals surface area contributed by atoms with Crippen molar-refractivity contribution >= 4 is 5.91 Å². The maximum Gasteiger partial charge on any atom is 0.284 e. The van der Waals surface area contributed by atoms with Crippen molar-refractivity contribution in [3.63, 3.8) is 0 Å². The van der Waals surface area contributed by atoms with Gasteiger partial charge in [-0.25, -0.2) is 4.98 Å². The first-order chi connectivity index (χ1) is 9.66. The number of rotatable bonds is 7. The summed E-state index contributed by atoms with van der Waals surface area (Å²) in [6, 6.07) is 8.43. The minimum atomic E-state index is -0.515. The fourth-order valence-electron chi connectivity index (χ4n) is 2.08. The summed E-state index contributed by atoms with van der Waals surface area (Å²) >= 11 is 0. The summed E-state index contributed by atoms with van der Waals surface area (Å²) in [6.45, 7) is 4.50. The molecule has 0 spiro atoms. The molecule has 105 valence electrons. The molecule has 1 radical (unpaired) electrons. The van der Waals surface area contributed by atoms with Gasteiger partial charge in [-0.15, -0.1) is 0 Å². The molecular weight excluding hydrogens is 252 g/mol. The molecule has 0 aliphatic rings. The lowest BCUT2D eigenvalue weighted by Crippen LogP contribution is -2.20. The van der Waals surface area contributed by atoms with Crippen LogP contribution in [0.3, 0.4) is 0 Å². The molecule has 5 nitrogen and oxygen atoms in total. The monoisotopic (exact) mass is 271 g/mol. The second-order valence-corrected chi connectivity index (χ2v) is 4.77. The Morgan fingerprint density at radius 3 is 3.10 bits per heavy atom. The number of imidazole rings is 1. The number of amides is 1. The minimum Gasteiger partial charge on any atom is -0.363 e. The van der Waals surface area contributed by atoms with Crippen molar-refractivity contribution in [3.05, 3.63) is 53.6 Å². The van der Waals surface area contributed by atoms with E-state index in [4.69, 9.17) is 5.73 Å². The molecule has 0 saturated heterocycles. The number of carbonyl (C=O) groups excluding carboxylic acids is 1. The van der Waals surface area contributed by atoms with Crippen LogP contribution in [0, 0.1) is 13.1 Å². The number of hydrogen-bond donors (Lipinski definition) is 2. The Hall–Kier alpha value is -2.14. The van der Waals surface area contributed by atoms with Gasteiger partial charge in [-0.05, 0) is 25.5 Å². The molecular formula is C15H19N4O. The molecule has 1 heterocycles. The van der Waals surface area contributed by atoms with Gasteiger partial charge in [0.15, 0.2) is 5.82 Å². The fraction of sp³-hybridized carbons (Fsp3) is 0.333. The standard InChI is InChI=1S/C15H19N4O/c1-12-4-2-5-13(10-12)11-17-6-3-8-19-9-7-18-15(19)14(16)20/h2,4-5,9-10,17H,3,6,8,11H2,1H3,(H2,16,20). The van der Waals surface area contributed by atoms with Gasteiger partial charge in [0.1, 0.15) is 6.20 Å². The lowest BCUT2D eigenvalue weighted by atomic mass is 10.1. The zero-order chi connectivity index (χ0) is 14.4. The Morgan fingerprint density at radius 2 is 2.35 bits per heavy atom. The maximum atomic E-state index is 11.1. The lowest BCUT2D eigenvalue weighted by molar-refractivity contribution is 0.0986. The van der Waals surface area contributed by atoms with Crippen molar-refractivity contribution in [2.45, 2.75) is 26.4 Å². The number of benzene rings is 1. The van der Waals surface area contributed by atoms with Crippen LogP contribution in [0.5, 0.6) is 0 Å². The Bertz CT molecular complexity index is 577. The predicted molar refractivity (Wildman–Crippen MR) is 77.1 cm³/mol. The molecule has 0 bridgehead atoms. The third-order valence-electron chi connectivity index (χ3n) is 3.04. The molecule has 1 aromatic heterocycles. The van der Waals surface area contributed by atoms with Gasteiger partial charge >= 0.3 is 0 Å². The molecule has 0 atom stereocenters. The summed E-state index contributed by atoms with van der Waals surface area (Å²) in [6.07, 6.45) is 5.20. The van der Waals surface area contributed by atoms with Crippen LogP contribution in [-0.4, -0.2) is 22.0 Å². The van der Waals surface area contributed by atoms with E-state index in [9.17, 15) is 4.79 Å². The summed E-state index contributed by atoms with van der Waals surface area (Å²) in [7, 11) is 0. The highest BCUT2D eigenvalue weighted by Gasteiger charge is 2.07. The van der Waals surface area contributed by atoms with E-state index in [-0.39, 0.29) is 5.82 Å². The maximum absolute atomic E-state index is 11.1. The van der Waals surface area contributed by atoms with E-state index in [0.29, 0.717) is 6.54 Å². The van der Waals surface area contributed by atoms with Crippen LogP contribution in [0.15, 0.2) is 30.5 Å². The number of aromatic nitrogens is 2. The van der Waals surface area contributed by atoms with Crippen LogP contribution in [0.1, 0.15) is 28.2 Å². The zero-order valence-electron chi connectivity index (χ0n) is 11.6. The second-order valence-electron chi connectivity index (χ2n) is 4.77. The van der Waals surface area contributed by atoms with Gasteiger partial charge in [-0.3, -0.25) is 4.79 Å². The van der Waals surface area contributed by atoms with Crippen LogP contribution in [0.4, 0.5) is 0 Å². The van der Waals surface area contributed by atoms with Crippen molar-refractivity contribution in [2.75, 3.05) is 6.54 Å². The van der Waals surface area contributed by atoms with Crippen molar-refractivity contribution in [2.24, 2.45) is 5.73 Å². The molecule has 5 heteroatoms. The number of nitrogens with two attached hydrogens (primary N) is 1. The third-order valence-corrected chi connectivity index (χ3v) is 3.04. The van der Waals surface area contributed by atoms with E-state index in [1.165, 1.54) is 11.1 Å². The van der Waals surface area contributed by atoms with Crippen LogP contribution < -0.4 is 11.1 Å². The summed E-state index contributed by atoms with van der Waals surface area (Å²) in [5, 5.41) is 3.38. The number of nitrogens with zero attached hydrogens (tertiary/aromatic N) is 2. The second kappa shape index (κ2) is 6.86. The average Bonchev–Trinajstić information content (AvgIpc) is 2.87. The molecule has 0 aliphatic heterocycles. The quantitative estimate of drug-likeness (QED) is 0.745.